The van der Waals surface area contributed by atoms with Gasteiger partial charge in [0, 0.05) is 19.1 Å². The first-order valence-electron chi connectivity index (χ1n) is 11.0. The molecule has 0 saturated carbocycles. The van der Waals surface area contributed by atoms with E-state index in [9.17, 15) is 14.0 Å². The lowest BCUT2D eigenvalue weighted by molar-refractivity contribution is -0.153. The van der Waals surface area contributed by atoms with Crippen molar-refractivity contribution >= 4 is 17.8 Å². The highest BCUT2D eigenvalue weighted by molar-refractivity contribution is 5.98. The number of hydrogen-bond donors (Lipinski definition) is 0. The number of halogens is 1. The normalized spacial score (nSPS) is 28.7. The molecule has 34 heavy (non-hydrogen) atoms. The number of carbonyl (C=O) groups is 2. The number of esters is 1. The number of ether oxygens (including phenoxy) is 6. The Balaban J connectivity index is 2.10. The lowest BCUT2D eigenvalue weighted by Crippen LogP contribution is -2.32. The van der Waals surface area contributed by atoms with Gasteiger partial charge in [0.05, 0.1) is 13.2 Å². The van der Waals surface area contributed by atoms with Crippen molar-refractivity contribution in [2.75, 3.05) is 21.0 Å². The van der Waals surface area contributed by atoms with E-state index in [1.54, 1.807) is 52.0 Å². The number of carbonyl (C=O) groups excluding carboxylic acids is 2. The molecule has 1 aromatic rings. The predicted molar refractivity (Wildman–Crippen MR) is 121 cm³/mol. The zero-order chi connectivity index (χ0) is 25.0. The molecule has 0 spiro atoms. The smallest absolute Gasteiger partial charge is 0.342 e. The molecule has 1 fully saturated rings. The van der Waals surface area contributed by atoms with Crippen molar-refractivity contribution in [3.63, 3.8) is 0 Å². The molecule has 2 aliphatic heterocycles. The fourth-order valence-corrected chi connectivity index (χ4v) is 3.79. The average Bonchev–Trinajstić information content (AvgIpc) is 3.09. The Bertz CT molecular complexity index is 983. The fraction of sp³-hybridized carbons (Fsp3) is 0.520. The molecular formula is C25H31FO8. The van der Waals surface area contributed by atoms with Crippen molar-refractivity contribution in [3.05, 3.63) is 41.2 Å². The van der Waals surface area contributed by atoms with Crippen molar-refractivity contribution in [1.82, 2.24) is 0 Å². The Morgan fingerprint density at radius 3 is 2.56 bits per heavy atom. The number of rotatable bonds is 4. The largest absolute Gasteiger partial charge is 0.497 e. The topological polar surface area (TPSA) is 89.5 Å². The molecule has 186 valence electrons. The molecule has 1 aromatic carbocycles. The van der Waals surface area contributed by atoms with E-state index in [1.807, 2.05) is 0 Å². The van der Waals surface area contributed by atoms with Crippen LogP contribution in [-0.2, 0) is 23.7 Å². The van der Waals surface area contributed by atoms with Gasteiger partial charge in [-0.15, -0.1) is 0 Å². The highest BCUT2D eigenvalue weighted by Gasteiger charge is 2.45. The Labute approximate surface area is 198 Å². The first kappa shape index (κ1) is 25.9. The maximum absolute atomic E-state index is 14.9. The molecule has 3 rings (SSSR count). The highest BCUT2D eigenvalue weighted by Crippen LogP contribution is 2.35. The molecule has 1 saturated heterocycles. The Hall–Kier alpha value is -2.75. The summed E-state index contributed by atoms with van der Waals surface area (Å²) in [4.78, 5) is 26.0. The van der Waals surface area contributed by atoms with Gasteiger partial charge in [-0.3, -0.25) is 4.79 Å². The van der Waals surface area contributed by atoms with Crippen LogP contribution in [0.5, 0.6) is 11.5 Å². The van der Waals surface area contributed by atoms with Crippen LogP contribution < -0.4 is 9.47 Å². The first-order chi connectivity index (χ1) is 16.1. The SMILES string of the molecule is COCOc1cc(OC)cc2c1C(=O)O[C@@H](C)[C@H](C)/C=C(/F)C(=O)[C@H]1OC(C)(C)O[C@H]1CC=C2. The summed E-state index contributed by atoms with van der Waals surface area (Å²) in [6.45, 7) is 6.52. The van der Waals surface area contributed by atoms with E-state index in [-0.39, 0.29) is 24.5 Å². The summed E-state index contributed by atoms with van der Waals surface area (Å²) >= 11 is 0. The molecule has 0 amide bonds. The standard InChI is InChI=1S/C25H31FO8/c1-14-10-18(26)22(27)23-19(33-25(3,4)34-23)9-7-8-16-11-17(30-6)12-20(31-13-29-5)21(16)24(28)32-15(14)2/h7-8,10-12,14-15,19,23H,9,13H2,1-6H3/b8-7?,18-10+/t14-,15+,19+,23+/m1/s1. The van der Waals surface area contributed by atoms with E-state index in [0.717, 1.165) is 6.08 Å². The Morgan fingerprint density at radius 2 is 1.88 bits per heavy atom. The van der Waals surface area contributed by atoms with Crippen LogP contribution in [0.15, 0.2) is 30.1 Å². The van der Waals surface area contributed by atoms with Gasteiger partial charge in [-0.25, -0.2) is 9.18 Å². The highest BCUT2D eigenvalue weighted by atomic mass is 19.1. The summed E-state index contributed by atoms with van der Waals surface area (Å²) in [5.74, 6) is -3.38. The number of fused-ring (bicyclic) bond motifs is 2. The minimum absolute atomic E-state index is 0.0946. The lowest BCUT2D eigenvalue weighted by atomic mass is 9.99. The van der Waals surface area contributed by atoms with Gasteiger partial charge in [-0.1, -0.05) is 19.1 Å². The zero-order valence-corrected chi connectivity index (χ0v) is 20.3. The number of ketones is 1. The first-order valence-corrected chi connectivity index (χ1v) is 11.0. The second-order valence-corrected chi connectivity index (χ2v) is 8.72. The number of cyclic esters (lactones) is 1. The van der Waals surface area contributed by atoms with Crippen molar-refractivity contribution in [3.8, 4) is 11.5 Å². The van der Waals surface area contributed by atoms with Crippen LogP contribution in [0, 0.1) is 5.92 Å². The molecular weight excluding hydrogens is 447 g/mol. The van der Waals surface area contributed by atoms with Crippen LogP contribution >= 0.6 is 0 Å². The van der Waals surface area contributed by atoms with E-state index < -0.39 is 47.6 Å². The molecule has 0 unspecified atom stereocenters. The van der Waals surface area contributed by atoms with Gasteiger partial charge in [0.1, 0.15) is 23.2 Å². The van der Waals surface area contributed by atoms with Crippen molar-refractivity contribution in [2.24, 2.45) is 5.92 Å². The van der Waals surface area contributed by atoms with Crippen LogP contribution in [0.2, 0.25) is 0 Å². The third-order valence-corrected chi connectivity index (χ3v) is 5.66. The number of benzene rings is 1. The van der Waals surface area contributed by atoms with E-state index in [4.69, 9.17) is 28.4 Å². The second-order valence-electron chi connectivity index (χ2n) is 8.72. The summed E-state index contributed by atoms with van der Waals surface area (Å²) < 4.78 is 48.0. The average molecular weight is 479 g/mol. The molecule has 0 radical (unpaired) electrons. The number of hydrogen-bond acceptors (Lipinski definition) is 8. The Morgan fingerprint density at radius 1 is 1.15 bits per heavy atom. The molecule has 2 aliphatic rings. The quantitative estimate of drug-likeness (QED) is 0.470. The molecule has 0 aliphatic carbocycles. The molecule has 0 aromatic heterocycles. The number of methoxy groups -OCH3 is 2. The maximum Gasteiger partial charge on any atom is 0.342 e. The molecule has 4 atom stereocenters. The van der Waals surface area contributed by atoms with Crippen LogP contribution in [-0.4, -0.2) is 56.9 Å². The van der Waals surface area contributed by atoms with Crippen LogP contribution in [0.4, 0.5) is 4.39 Å². The van der Waals surface area contributed by atoms with Crippen LogP contribution in [0.1, 0.15) is 50.0 Å². The van der Waals surface area contributed by atoms with E-state index in [0.29, 0.717) is 11.3 Å². The third kappa shape index (κ3) is 5.84. The zero-order valence-electron chi connectivity index (χ0n) is 20.3. The molecule has 0 bridgehead atoms. The summed E-state index contributed by atoms with van der Waals surface area (Å²) in [7, 11) is 2.96. The van der Waals surface area contributed by atoms with E-state index in [1.165, 1.54) is 14.2 Å². The van der Waals surface area contributed by atoms with Crippen LogP contribution in [0.3, 0.4) is 0 Å². The van der Waals surface area contributed by atoms with Crippen LogP contribution in [0.25, 0.3) is 6.08 Å². The summed E-state index contributed by atoms with van der Waals surface area (Å²) in [5, 5.41) is 0. The molecule has 9 heteroatoms. The fourth-order valence-electron chi connectivity index (χ4n) is 3.79. The number of Topliss-reactive ketones (excluding diaryl/α,β-unsaturated/α-hetero) is 1. The van der Waals surface area contributed by atoms with Gasteiger partial charge in [-0.2, -0.15) is 0 Å². The van der Waals surface area contributed by atoms with Crippen molar-refractivity contribution in [1.29, 1.82) is 0 Å². The monoisotopic (exact) mass is 478 g/mol. The summed E-state index contributed by atoms with van der Waals surface area (Å²) in [6.07, 6.45) is 2.23. The van der Waals surface area contributed by atoms with Gasteiger partial charge in [0.15, 0.2) is 24.5 Å². The van der Waals surface area contributed by atoms with Gasteiger partial charge >= 0.3 is 5.97 Å². The summed E-state index contributed by atoms with van der Waals surface area (Å²) in [6, 6.07) is 3.24. The molecule has 8 nitrogen and oxygen atoms in total. The Kier molecular flexibility index (Phi) is 8.12. The van der Waals surface area contributed by atoms with Crippen molar-refractivity contribution in [2.45, 2.75) is 58.2 Å². The van der Waals surface area contributed by atoms with Gasteiger partial charge in [-0.05, 0) is 44.9 Å². The summed E-state index contributed by atoms with van der Waals surface area (Å²) in [5.41, 5.74) is 0.654. The third-order valence-electron chi connectivity index (χ3n) is 5.66. The van der Waals surface area contributed by atoms with Crippen molar-refractivity contribution < 1.29 is 42.4 Å². The lowest BCUT2D eigenvalue weighted by Gasteiger charge is -2.21. The minimum atomic E-state index is -1.10. The minimum Gasteiger partial charge on any atom is -0.497 e. The second kappa shape index (κ2) is 10.7. The maximum atomic E-state index is 14.9. The van der Waals surface area contributed by atoms with E-state index >= 15 is 0 Å². The van der Waals surface area contributed by atoms with Gasteiger partial charge in [0.25, 0.3) is 0 Å². The predicted octanol–water partition coefficient (Wildman–Crippen LogP) is 4.22. The molecule has 0 N–H and O–H groups in total. The van der Waals surface area contributed by atoms with Gasteiger partial charge < -0.3 is 28.4 Å². The van der Waals surface area contributed by atoms with E-state index in [2.05, 4.69) is 0 Å². The molecule has 2 heterocycles. The van der Waals surface area contributed by atoms with Gasteiger partial charge in [0.2, 0.25) is 5.78 Å².